The lowest BCUT2D eigenvalue weighted by molar-refractivity contribution is -0.0473. The van der Waals surface area contributed by atoms with E-state index in [0.717, 1.165) is 0 Å². The summed E-state index contributed by atoms with van der Waals surface area (Å²) in [7, 11) is 2.10. The molecule has 0 N–H and O–H groups in total. The van der Waals surface area contributed by atoms with E-state index in [1.165, 1.54) is 17.0 Å². The van der Waals surface area contributed by atoms with Crippen molar-refractivity contribution in [3.8, 4) is 0 Å². The summed E-state index contributed by atoms with van der Waals surface area (Å²) in [5.74, 6) is 0. The van der Waals surface area contributed by atoms with Crippen molar-refractivity contribution in [1.29, 1.82) is 0 Å². The molecule has 0 saturated heterocycles. The Morgan fingerprint density at radius 3 is 1.68 bits per heavy atom. The Bertz CT molecular complexity index is 481. The molecule has 0 bridgehead atoms. The summed E-state index contributed by atoms with van der Waals surface area (Å²) in [6.07, 6.45) is 0. The van der Waals surface area contributed by atoms with Gasteiger partial charge in [0.2, 0.25) is 0 Å². The van der Waals surface area contributed by atoms with E-state index < -0.39 is 0 Å². The number of aromatic nitrogens is 2. The Balaban J connectivity index is 2.95. The van der Waals surface area contributed by atoms with Gasteiger partial charge in [-0.05, 0) is 23.2 Å². The van der Waals surface area contributed by atoms with Gasteiger partial charge >= 0.3 is 0 Å². The maximum Gasteiger partial charge on any atom is 0.0634 e. The van der Waals surface area contributed by atoms with Gasteiger partial charge in [0.15, 0.2) is 0 Å². The number of nitrogens with zero attached hydrogens (tertiary/aromatic N) is 2. The standard InChI is InChI=1S/C17H30N2/c1-11-12-13(19(10)18-11)15(4,5)17(8,9)16(6,7)14(12,2)3/h1-10H3. The zero-order chi connectivity index (χ0) is 15.0. The number of hydrogen-bond acceptors (Lipinski definition) is 1. The Morgan fingerprint density at radius 1 is 0.789 bits per heavy atom. The highest BCUT2D eigenvalue weighted by Crippen LogP contribution is 2.65. The molecule has 0 amide bonds. The van der Waals surface area contributed by atoms with Crippen LogP contribution in [-0.4, -0.2) is 9.78 Å². The lowest BCUT2D eigenvalue weighted by atomic mass is 9.41. The van der Waals surface area contributed by atoms with E-state index in [1.807, 2.05) is 0 Å². The molecular formula is C17H30N2. The first kappa shape index (κ1) is 14.6. The molecule has 0 radical (unpaired) electrons. The first-order chi connectivity index (χ1) is 8.30. The minimum atomic E-state index is 0.108. The van der Waals surface area contributed by atoms with Crippen LogP contribution in [0.4, 0.5) is 0 Å². The van der Waals surface area contributed by atoms with Crippen molar-refractivity contribution in [2.24, 2.45) is 17.9 Å². The summed E-state index contributed by atoms with van der Waals surface area (Å²) in [4.78, 5) is 0. The average Bonchev–Trinajstić information content (AvgIpc) is 2.52. The summed E-state index contributed by atoms with van der Waals surface area (Å²) < 4.78 is 2.11. The second-order valence-corrected chi connectivity index (χ2v) is 8.43. The maximum atomic E-state index is 4.73. The smallest absolute Gasteiger partial charge is 0.0634 e. The SMILES string of the molecule is Cc1nn(C)c2c1C(C)(C)C(C)(C)C(C)(C)C2(C)C. The van der Waals surface area contributed by atoms with E-state index in [-0.39, 0.29) is 21.7 Å². The van der Waals surface area contributed by atoms with Crippen LogP contribution in [0.15, 0.2) is 0 Å². The van der Waals surface area contributed by atoms with Gasteiger partial charge < -0.3 is 0 Å². The van der Waals surface area contributed by atoms with Crippen LogP contribution >= 0.6 is 0 Å². The first-order valence-corrected chi connectivity index (χ1v) is 7.34. The van der Waals surface area contributed by atoms with Gasteiger partial charge in [0.1, 0.15) is 0 Å². The average molecular weight is 262 g/mol. The Labute approximate surface area is 118 Å². The lowest BCUT2D eigenvalue weighted by Gasteiger charge is -2.63. The predicted octanol–water partition coefficient (Wildman–Crippen LogP) is 4.35. The van der Waals surface area contributed by atoms with Gasteiger partial charge in [-0.15, -0.1) is 0 Å². The highest BCUT2D eigenvalue weighted by Gasteiger charge is 2.62. The molecule has 1 heterocycles. The monoisotopic (exact) mass is 262 g/mol. The van der Waals surface area contributed by atoms with Crippen molar-refractivity contribution >= 4 is 0 Å². The van der Waals surface area contributed by atoms with E-state index in [1.54, 1.807) is 0 Å². The summed E-state index contributed by atoms with van der Waals surface area (Å²) in [5.41, 5.74) is 4.70. The van der Waals surface area contributed by atoms with Crippen LogP contribution in [0.2, 0.25) is 0 Å². The van der Waals surface area contributed by atoms with Crippen LogP contribution in [0.3, 0.4) is 0 Å². The molecule has 1 aromatic rings. The largest absolute Gasteiger partial charge is 0.272 e. The minimum Gasteiger partial charge on any atom is -0.272 e. The van der Waals surface area contributed by atoms with Crippen LogP contribution in [0.5, 0.6) is 0 Å². The van der Waals surface area contributed by atoms with Gasteiger partial charge in [-0.3, -0.25) is 4.68 Å². The van der Waals surface area contributed by atoms with Crippen LogP contribution < -0.4 is 0 Å². The molecule has 0 aromatic carbocycles. The van der Waals surface area contributed by atoms with E-state index >= 15 is 0 Å². The summed E-state index contributed by atoms with van der Waals surface area (Å²) in [6.45, 7) is 21.4. The van der Waals surface area contributed by atoms with Crippen molar-refractivity contribution < 1.29 is 0 Å². The molecule has 2 heteroatoms. The van der Waals surface area contributed by atoms with Crippen molar-refractivity contribution in [2.45, 2.75) is 73.1 Å². The van der Waals surface area contributed by atoms with E-state index in [4.69, 9.17) is 5.10 Å². The number of hydrogen-bond donors (Lipinski definition) is 0. The Morgan fingerprint density at radius 2 is 1.21 bits per heavy atom. The van der Waals surface area contributed by atoms with Crippen molar-refractivity contribution in [3.05, 3.63) is 17.0 Å². The number of fused-ring (bicyclic) bond motifs is 1. The van der Waals surface area contributed by atoms with E-state index in [0.29, 0.717) is 0 Å². The van der Waals surface area contributed by atoms with Gasteiger partial charge in [-0.2, -0.15) is 5.10 Å². The number of rotatable bonds is 0. The maximum absolute atomic E-state index is 4.73. The van der Waals surface area contributed by atoms with Gasteiger partial charge in [0, 0.05) is 23.7 Å². The molecule has 108 valence electrons. The van der Waals surface area contributed by atoms with Crippen LogP contribution in [-0.2, 0) is 17.9 Å². The molecule has 0 unspecified atom stereocenters. The number of aryl methyl sites for hydroxylation is 2. The molecule has 1 aliphatic carbocycles. The van der Waals surface area contributed by atoms with Crippen molar-refractivity contribution in [3.63, 3.8) is 0 Å². The fourth-order valence-electron chi connectivity index (χ4n) is 4.29. The minimum absolute atomic E-state index is 0.108. The molecule has 2 rings (SSSR count). The normalized spacial score (nSPS) is 26.0. The molecule has 1 aromatic heterocycles. The third-order valence-electron chi connectivity index (χ3n) is 7.13. The van der Waals surface area contributed by atoms with Crippen molar-refractivity contribution in [2.75, 3.05) is 0 Å². The molecule has 0 spiro atoms. The van der Waals surface area contributed by atoms with E-state index in [9.17, 15) is 0 Å². The highest BCUT2D eigenvalue weighted by molar-refractivity contribution is 5.45. The van der Waals surface area contributed by atoms with Crippen LogP contribution in [0.1, 0.15) is 72.3 Å². The van der Waals surface area contributed by atoms with Gasteiger partial charge in [-0.25, -0.2) is 0 Å². The molecule has 2 nitrogen and oxygen atoms in total. The lowest BCUT2D eigenvalue weighted by Crippen LogP contribution is -2.60. The third kappa shape index (κ3) is 1.35. The third-order valence-corrected chi connectivity index (χ3v) is 7.13. The molecular weight excluding hydrogens is 232 g/mol. The topological polar surface area (TPSA) is 17.8 Å². The zero-order valence-electron chi connectivity index (χ0n) is 14.4. The fraction of sp³-hybridized carbons (Fsp3) is 0.824. The molecule has 19 heavy (non-hydrogen) atoms. The van der Waals surface area contributed by atoms with Gasteiger partial charge in [-0.1, -0.05) is 55.4 Å². The highest BCUT2D eigenvalue weighted by atomic mass is 15.3. The van der Waals surface area contributed by atoms with Gasteiger partial charge in [0.25, 0.3) is 0 Å². The second kappa shape index (κ2) is 3.45. The summed E-state index contributed by atoms with van der Waals surface area (Å²) in [6, 6.07) is 0. The van der Waals surface area contributed by atoms with E-state index in [2.05, 4.69) is 74.0 Å². The fourth-order valence-corrected chi connectivity index (χ4v) is 4.29. The Hall–Kier alpha value is -0.790. The van der Waals surface area contributed by atoms with Crippen LogP contribution in [0.25, 0.3) is 0 Å². The summed E-state index contributed by atoms with van der Waals surface area (Å²) >= 11 is 0. The zero-order valence-corrected chi connectivity index (χ0v) is 14.4. The molecule has 0 saturated carbocycles. The summed E-state index contributed by atoms with van der Waals surface area (Å²) in [5, 5.41) is 4.73. The van der Waals surface area contributed by atoms with Crippen molar-refractivity contribution in [1.82, 2.24) is 9.78 Å². The van der Waals surface area contributed by atoms with Crippen LogP contribution in [0, 0.1) is 17.8 Å². The first-order valence-electron chi connectivity index (χ1n) is 7.34. The molecule has 0 atom stereocenters. The molecule has 0 aliphatic heterocycles. The predicted molar refractivity (Wildman–Crippen MR) is 81.6 cm³/mol. The Kier molecular flexibility index (Phi) is 2.65. The second-order valence-electron chi connectivity index (χ2n) is 8.43. The quantitative estimate of drug-likeness (QED) is 0.679. The molecule has 1 aliphatic rings. The van der Waals surface area contributed by atoms with Gasteiger partial charge in [0.05, 0.1) is 5.69 Å². The molecule has 0 fully saturated rings.